The van der Waals surface area contributed by atoms with Crippen molar-refractivity contribution < 1.29 is 28.7 Å². The van der Waals surface area contributed by atoms with Gasteiger partial charge in [0.15, 0.2) is 0 Å². The first-order valence-corrected chi connectivity index (χ1v) is 13.8. The summed E-state index contributed by atoms with van der Waals surface area (Å²) >= 11 is 0. The fourth-order valence-electron chi connectivity index (χ4n) is 5.03. The molecule has 41 heavy (non-hydrogen) atoms. The van der Waals surface area contributed by atoms with E-state index in [4.69, 9.17) is 9.47 Å². The lowest BCUT2D eigenvalue weighted by Gasteiger charge is -2.29. The highest BCUT2D eigenvalue weighted by Gasteiger charge is 2.38. The van der Waals surface area contributed by atoms with Crippen molar-refractivity contribution in [3.05, 3.63) is 71.9 Å². The maximum absolute atomic E-state index is 13.7. The van der Waals surface area contributed by atoms with Crippen molar-refractivity contribution in [2.24, 2.45) is 0 Å². The molecule has 0 spiro atoms. The topological polar surface area (TPSA) is 130 Å². The number of methoxy groups -OCH3 is 1. The molecule has 1 fully saturated rings. The highest BCUT2D eigenvalue weighted by atomic mass is 16.6. The molecule has 3 amide bonds. The molecule has 0 unspecified atom stereocenters. The summed E-state index contributed by atoms with van der Waals surface area (Å²) in [5.41, 5.74) is 1.88. The number of para-hydroxylation sites is 1. The maximum Gasteiger partial charge on any atom is 0.410 e. The van der Waals surface area contributed by atoms with Crippen molar-refractivity contribution in [2.75, 3.05) is 13.7 Å². The number of nitrogens with zero attached hydrogens (tertiary/aromatic N) is 1. The summed E-state index contributed by atoms with van der Waals surface area (Å²) in [6, 6.07) is 14.2. The van der Waals surface area contributed by atoms with Crippen LogP contribution in [0, 0.1) is 0 Å². The summed E-state index contributed by atoms with van der Waals surface area (Å²) in [4.78, 5) is 57.3. The van der Waals surface area contributed by atoms with Crippen LogP contribution in [-0.2, 0) is 36.7 Å². The lowest BCUT2D eigenvalue weighted by atomic mass is 10.0. The molecule has 3 aromatic rings. The highest BCUT2D eigenvalue weighted by molar-refractivity contribution is 5.94. The molecular weight excluding hydrogens is 524 g/mol. The second kappa shape index (κ2) is 12.9. The van der Waals surface area contributed by atoms with E-state index in [0.717, 1.165) is 22.0 Å². The van der Waals surface area contributed by atoms with Gasteiger partial charge >= 0.3 is 12.1 Å². The number of ether oxygens (including phenoxy) is 2. The molecule has 218 valence electrons. The van der Waals surface area contributed by atoms with Gasteiger partial charge in [-0.25, -0.2) is 9.59 Å². The van der Waals surface area contributed by atoms with Crippen LogP contribution in [0.5, 0.6) is 0 Å². The van der Waals surface area contributed by atoms with E-state index in [1.165, 1.54) is 12.0 Å². The second-order valence-corrected chi connectivity index (χ2v) is 11.2. The van der Waals surface area contributed by atoms with E-state index in [2.05, 4.69) is 15.6 Å². The Morgan fingerprint density at radius 3 is 2.39 bits per heavy atom. The number of aromatic amines is 1. The van der Waals surface area contributed by atoms with E-state index in [1.807, 2.05) is 54.6 Å². The van der Waals surface area contributed by atoms with Crippen LogP contribution in [0.4, 0.5) is 4.79 Å². The van der Waals surface area contributed by atoms with Crippen LogP contribution in [0.1, 0.15) is 44.7 Å². The average Bonchev–Trinajstić information content (AvgIpc) is 3.59. The van der Waals surface area contributed by atoms with Crippen molar-refractivity contribution in [1.29, 1.82) is 0 Å². The van der Waals surface area contributed by atoms with Gasteiger partial charge in [0.05, 0.1) is 7.11 Å². The number of aromatic nitrogens is 1. The van der Waals surface area contributed by atoms with Crippen LogP contribution >= 0.6 is 0 Å². The largest absolute Gasteiger partial charge is 0.467 e. The first kappa shape index (κ1) is 29.6. The molecule has 1 aliphatic heterocycles. The molecule has 0 saturated carbocycles. The monoisotopic (exact) mass is 562 g/mol. The number of hydrogen-bond donors (Lipinski definition) is 3. The molecule has 10 nitrogen and oxygen atoms in total. The molecule has 0 aliphatic carbocycles. The van der Waals surface area contributed by atoms with Crippen LogP contribution in [0.2, 0.25) is 0 Å². The molecule has 2 aromatic carbocycles. The van der Waals surface area contributed by atoms with Gasteiger partial charge in [0.25, 0.3) is 0 Å². The third-order valence-corrected chi connectivity index (χ3v) is 7.00. The normalized spacial score (nSPS) is 16.6. The summed E-state index contributed by atoms with van der Waals surface area (Å²) < 4.78 is 10.5. The van der Waals surface area contributed by atoms with Gasteiger partial charge in [-0.2, -0.15) is 0 Å². The van der Waals surface area contributed by atoms with Gasteiger partial charge < -0.3 is 25.1 Å². The Kier molecular flexibility index (Phi) is 9.31. The molecule has 10 heteroatoms. The molecule has 1 aromatic heterocycles. The Labute approximate surface area is 239 Å². The van der Waals surface area contributed by atoms with Gasteiger partial charge in [-0.05, 0) is 50.8 Å². The summed E-state index contributed by atoms with van der Waals surface area (Å²) in [6.07, 6.45) is 2.73. The van der Waals surface area contributed by atoms with Gasteiger partial charge in [0, 0.05) is 36.5 Å². The highest BCUT2D eigenvalue weighted by Crippen LogP contribution is 2.22. The maximum atomic E-state index is 13.7. The van der Waals surface area contributed by atoms with E-state index in [9.17, 15) is 19.2 Å². The van der Waals surface area contributed by atoms with Gasteiger partial charge in [-0.3, -0.25) is 14.5 Å². The molecule has 1 aliphatic rings. The van der Waals surface area contributed by atoms with Crippen molar-refractivity contribution in [1.82, 2.24) is 20.5 Å². The van der Waals surface area contributed by atoms with E-state index in [0.29, 0.717) is 19.4 Å². The average molecular weight is 563 g/mol. The molecule has 2 heterocycles. The van der Waals surface area contributed by atoms with Gasteiger partial charge in [-0.1, -0.05) is 48.5 Å². The fourth-order valence-corrected chi connectivity index (χ4v) is 5.03. The summed E-state index contributed by atoms with van der Waals surface area (Å²) in [6.45, 7) is 5.69. The Morgan fingerprint density at radius 1 is 0.976 bits per heavy atom. The van der Waals surface area contributed by atoms with E-state index < -0.39 is 47.6 Å². The number of H-pyrrole nitrogens is 1. The standard InChI is InChI=1S/C31H38N4O6/c1-31(2,3)41-30(39)35-16-10-15-26(35)28(37)33-24(17-20-11-6-5-7-12-20)27(36)34-25(29(38)40-4)18-21-19-32-23-14-9-8-13-22(21)23/h5-9,11-14,19,24-26,32H,10,15-18H2,1-4H3,(H,33,37)(H,34,36)/t24-,25-,26-/m0/s1. The molecule has 0 bridgehead atoms. The SMILES string of the molecule is COC(=O)[C@H](Cc1c[nH]c2ccccc12)NC(=O)[C@H](Cc1ccccc1)NC(=O)[C@@H]1CCCN1C(=O)OC(C)(C)C. The summed E-state index contributed by atoms with van der Waals surface area (Å²) in [7, 11) is 1.27. The Bertz CT molecular complexity index is 1380. The predicted octanol–water partition coefficient (Wildman–Crippen LogP) is 3.50. The van der Waals surface area contributed by atoms with E-state index >= 15 is 0 Å². The Balaban J connectivity index is 1.53. The van der Waals surface area contributed by atoms with E-state index in [1.54, 1.807) is 27.0 Å². The number of esters is 1. The first-order valence-electron chi connectivity index (χ1n) is 13.8. The fraction of sp³-hybridized carbons (Fsp3) is 0.419. The van der Waals surface area contributed by atoms with Crippen LogP contribution in [-0.4, -0.2) is 71.1 Å². The first-order chi connectivity index (χ1) is 19.6. The molecule has 3 atom stereocenters. The van der Waals surface area contributed by atoms with Crippen molar-refractivity contribution in [2.45, 2.75) is 70.2 Å². The molecule has 1 saturated heterocycles. The van der Waals surface area contributed by atoms with Gasteiger partial charge in [0.1, 0.15) is 23.7 Å². The van der Waals surface area contributed by atoms with Crippen LogP contribution < -0.4 is 10.6 Å². The number of hydrogen-bond acceptors (Lipinski definition) is 6. The van der Waals surface area contributed by atoms with Crippen molar-refractivity contribution >= 4 is 34.8 Å². The number of rotatable bonds is 9. The van der Waals surface area contributed by atoms with Crippen molar-refractivity contribution in [3.8, 4) is 0 Å². The number of fused-ring (bicyclic) bond motifs is 1. The zero-order chi connectivity index (χ0) is 29.6. The summed E-state index contributed by atoms with van der Waals surface area (Å²) in [5.74, 6) is -1.57. The second-order valence-electron chi connectivity index (χ2n) is 11.2. The molecular formula is C31H38N4O6. The minimum Gasteiger partial charge on any atom is -0.467 e. The Morgan fingerprint density at radius 2 is 1.68 bits per heavy atom. The number of benzene rings is 2. The van der Waals surface area contributed by atoms with E-state index in [-0.39, 0.29) is 12.8 Å². The van der Waals surface area contributed by atoms with Gasteiger partial charge in [-0.15, -0.1) is 0 Å². The zero-order valence-electron chi connectivity index (χ0n) is 23.9. The third-order valence-electron chi connectivity index (χ3n) is 7.00. The number of likely N-dealkylation sites (tertiary alicyclic amines) is 1. The quantitative estimate of drug-likeness (QED) is 0.343. The molecule has 4 rings (SSSR count). The van der Waals surface area contributed by atoms with Gasteiger partial charge in [0.2, 0.25) is 11.8 Å². The lowest BCUT2D eigenvalue weighted by Crippen LogP contribution is -2.56. The number of amides is 3. The van der Waals surface area contributed by atoms with Crippen LogP contribution in [0.25, 0.3) is 10.9 Å². The number of nitrogens with one attached hydrogen (secondary N) is 3. The third kappa shape index (κ3) is 7.65. The number of carbonyl (C=O) groups is 4. The van der Waals surface area contributed by atoms with Crippen LogP contribution in [0.15, 0.2) is 60.8 Å². The smallest absolute Gasteiger partial charge is 0.410 e. The predicted molar refractivity (Wildman–Crippen MR) is 154 cm³/mol. The number of carbonyl (C=O) groups excluding carboxylic acids is 4. The molecule has 0 radical (unpaired) electrons. The van der Waals surface area contributed by atoms with Crippen molar-refractivity contribution in [3.63, 3.8) is 0 Å². The lowest BCUT2D eigenvalue weighted by molar-refractivity contribution is -0.145. The minimum absolute atomic E-state index is 0.193. The summed E-state index contributed by atoms with van der Waals surface area (Å²) in [5, 5.41) is 6.59. The minimum atomic E-state index is -0.999. The van der Waals surface area contributed by atoms with Crippen LogP contribution in [0.3, 0.4) is 0 Å². The Hall–Kier alpha value is -4.34. The zero-order valence-corrected chi connectivity index (χ0v) is 23.9. The molecule has 3 N–H and O–H groups in total.